The van der Waals surface area contributed by atoms with E-state index in [4.69, 9.17) is 4.42 Å². The topological polar surface area (TPSA) is 99.9 Å². The van der Waals surface area contributed by atoms with Crippen molar-refractivity contribution in [2.24, 2.45) is 0 Å². The number of amides is 2. The van der Waals surface area contributed by atoms with Crippen LogP contribution >= 0.6 is 0 Å². The highest BCUT2D eigenvalue weighted by molar-refractivity contribution is 7.90. The first-order valence-corrected chi connectivity index (χ1v) is 8.94. The van der Waals surface area contributed by atoms with Crippen molar-refractivity contribution in [2.45, 2.75) is 13.8 Å². The summed E-state index contributed by atoms with van der Waals surface area (Å²) < 4.78 is 30.3. The van der Waals surface area contributed by atoms with Gasteiger partial charge >= 0.3 is 0 Å². The van der Waals surface area contributed by atoms with Gasteiger partial charge in [0.1, 0.15) is 17.3 Å². The van der Waals surface area contributed by atoms with Crippen LogP contribution in [0.3, 0.4) is 0 Å². The summed E-state index contributed by atoms with van der Waals surface area (Å²) in [5, 5.41) is 0. The monoisotopic (exact) mass is 343 g/mol. The highest BCUT2D eigenvalue weighted by atomic mass is 32.2. The molecule has 0 saturated carbocycles. The van der Waals surface area contributed by atoms with Gasteiger partial charge in [-0.3, -0.25) is 9.59 Å². The van der Waals surface area contributed by atoms with E-state index in [-0.39, 0.29) is 5.91 Å². The van der Waals surface area contributed by atoms with Gasteiger partial charge in [-0.25, -0.2) is 13.1 Å². The summed E-state index contributed by atoms with van der Waals surface area (Å²) in [6.07, 6.45) is 0. The SMILES string of the molecule is CNS(=O)(=O)CC(=O)N1CCN(C(=O)c2cc(C)oc2C)CC1. The van der Waals surface area contributed by atoms with Gasteiger partial charge in [-0.2, -0.15) is 0 Å². The molecule has 1 aromatic rings. The van der Waals surface area contributed by atoms with Crippen LogP contribution in [0.5, 0.6) is 0 Å². The Hall–Kier alpha value is -1.87. The van der Waals surface area contributed by atoms with Crippen molar-refractivity contribution in [3.63, 3.8) is 0 Å². The molecule has 0 unspecified atom stereocenters. The van der Waals surface area contributed by atoms with Gasteiger partial charge in [-0.05, 0) is 27.0 Å². The summed E-state index contributed by atoms with van der Waals surface area (Å²) in [5.41, 5.74) is 0.528. The molecular formula is C14H21N3O5S. The molecule has 8 nitrogen and oxygen atoms in total. The number of nitrogens with zero attached hydrogens (tertiary/aromatic N) is 2. The Morgan fingerprint density at radius 3 is 2.22 bits per heavy atom. The first-order chi connectivity index (χ1) is 10.7. The van der Waals surface area contributed by atoms with Crippen LogP contribution in [0.1, 0.15) is 21.9 Å². The van der Waals surface area contributed by atoms with Gasteiger partial charge in [0.05, 0.1) is 5.56 Å². The molecule has 23 heavy (non-hydrogen) atoms. The maximum atomic E-state index is 12.4. The van der Waals surface area contributed by atoms with Crippen molar-refractivity contribution in [1.29, 1.82) is 0 Å². The molecule has 1 saturated heterocycles. The Morgan fingerprint density at radius 1 is 1.17 bits per heavy atom. The lowest BCUT2D eigenvalue weighted by Gasteiger charge is -2.34. The highest BCUT2D eigenvalue weighted by Crippen LogP contribution is 2.17. The van der Waals surface area contributed by atoms with Gasteiger partial charge in [-0.1, -0.05) is 0 Å². The van der Waals surface area contributed by atoms with E-state index in [0.29, 0.717) is 43.3 Å². The number of piperazine rings is 1. The molecular weight excluding hydrogens is 322 g/mol. The van der Waals surface area contributed by atoms with Crippen molar-refractivity contribution < 1.29 is 22.4 Å². The Balaban J connectivity index is 1.95. The maximum absolute atomic E-state index is 12.4. The Morgan fingerprint density at radius 2 is 1.74 bits per heavy atom. The smallest absolute Gasteiger partial charge is 0.257 e. The Kier molecular flexibility index (Phi) is 5.10. The van der Waals surface area contributed by atoms with Crippen LogP contribution in [0.15, 0.2) is 10.5 Å². The minimum absolute atomic E-state index is 0.130. The van der Waals surface area contributed by atoms with Crippen molar-refractivity contribution in [2.75, 3.05) is 39.0 Å². The normalized spacial score (nSPS) is 15.8. The van der Waals surface area contributed by atoms with Gasteiger partial charge in [0.15, 0.2) is 0 Å². The minimum atomic E-state index is -3.58. The lowest BCUT2D eigenvalue weighted by Crippen LogP contribution is -2.52. The molecule has 1 N–H and O–H groups in total. The fourth-order valence-corrected chi connectivity index (χ4v) is 3.15. The molecule has 1 fully saturated rings. The zero-order valence-electron chi connectivity index (χ0n) is 13.5. The molecule has 0 radical (unpaired) electrons. The van der Waals surface area contributed by atoms with Crippen molar-refractivity contribution in [3.8, 4) is 0 Å². The lowest BCUT2D eigenvalue weighted by atomic mass is 10.2. The lowest BCUT2D eigenvalue weighted by molar-refractivity contribution is -0.129. The molecule has 0 aromatic carbocycles. The Labute approximate surface area is 135 Å². The van der Waals surface area contributed by atoms with E-state index in [1.165, 1.54) is 11.9 Å². The summed E-state index contributed by atoms with van der Waals surface area (Å²) >= 11 is 0. The average molecular weight is 343 g/mol. The van der Waals surface area contributed by atoms with Crippen LogP contribution in [-0.4, -0.2) is 69.0 Å². The zero-order chi connectivity index (χ0) is 17.2. The number of aryl methyl sites for hydroxylation is 2. The van der Waals surface area contributed by atoms with E-state index in [1.807, 2.05) is 0 Å². The molecule has 2 amide bonds. The maximum Gasteiger partial charge on any atom is 0.257 e. The van der Waals surface area contributed by atoms with E-state index in [0.717, 1.165) is 0 Å². The second-order valence-electron chi connectivity index (χ2n) is 5.46. The zero-order valence-corrected chi connectivity index (χ0v) is 14.3. The van der Waals surface area contributed by atoms with Gasteiger partial charge < -0.3 is 14.2 Å². The number of carbonyl (C=O) groups is 2. The average Bonchev–Trinajstić information content (AvgIpc) is 2.85. The van der Waals surface area contributed by atoms with Crippen molar-refractivity contribution in [3.05, 3.63) is 23.2 Å². The molecule has 0 bridgehead atoms. The highest BCUT2D eigenvalue weighted by Gasteiger charge is 2.28. The molecule has 2 heterocycles. The third kappa shape index (κ3) is 4.11. The van der Waals surface area contributed by atoms with E-state index < -0.39 is 21.7 Å². The van der Waals surface area contributed by atoms with Crippen LogP contribution in [0.25, 0.3) is 0 Å². The number of carbonyl (C=O) groups excluding carboxylic acids is 2. The number of sulfonamides is 1. The Bertz CT molecular complexity index is 702. The van der Waals surface area contributed by atoms with Crippen LogP contribution < -0.4 is 4.72 Å². The molecule has 1 aliphatic rings. The molecule has 0 atom stereocenters. The minimum Gasteiger partial charge on any atom is -0.466 e. The molecule has 0 aliphatic carbocycles. The predicted molar refractivity (Wildman–Crippen MR) is 83.5 cm³/mol. The number of rotatable bonds is 4. The fourth-order valence-electron chi connectivity index (χ4n) is 2.50. The van der Waals surface area contributed by atoms with E-state index in [2.05, 4.69) is 4.72 Å². The molecule has 2 rings (SSSR count). The van der Waals surface area contributed by atoms with Crippen LogP contribution in [0, 0.1) is 13.8 Å². The molecule has 1 aliphatic heterocycles. The van der Waals surface area contributed by atoms with E-state index in [1.54, 1.807) is 24.8 Å². The number of hydrogen-bond acceptors (Lipinski definition) is 5. The summed E-state index contributed by atoms with van der Waals surface area (Å²) in [7, 11) is -2.31. The predicted octanol–water partition coefficient (Wildman–Crippen LogP) is -0.270. The molecule has 128 valence electrons. The van der Waals surface area contributed by atoms with Crippen LogP contribution in [-0.2, 0) is 14.8 Å². The van der Waals surface area contributed by atoms with Crippen LogP contribution in [0.2, 0.25) is 0 Å². The summed E-state index contributed by atoms with van der Waals surface area (Å²) in [5.74, 6) is 0.0939. The third-order valence-electron chi connectivity index (χ3n) is 3.82. The molecule has 1 aromatic heterocycles. The summed E-state index contributed by atoms with van der Waals surface area (Å²) in [6, 6.07) is 1.70. The fraction of sp³-hybridized carbons (Fsp3) is 0.571. The quantitative estimate of drug-likeness (QED) is 0.811. The van der Waals surface area contributed by atoms with Crippen molar-refractivity contribution >= 4 is 21.8 Å². The van der Waals surface area contributed by atoms with E-state index in [9.17, 15) is 18.0 Å². The number of hydrogen-bond donors (Lipinski definition) is 1. The summed E-state index contributed by atoms with van der Waals surface area (Å²) in [6.45, 7) is 4.90. The summed E-state index contributed by atoms with van der Waals surface area (Å²) in [4.78, 5) is 27.5. The standard InChI is InChI=1S/C14H21N3O5S/c1-10-8-12(11(2)22-10)14(19)17-6-4-16(5-7-17)13(18)9-23(20,21)15-3/h8,15H,4-7,9H2,1-3H3. The van der Waals surface area contributed by atoms with Gasteiger partial charge in [0, 0.05) is 26.2 Å². The third-order valence-corrected chi connectivity index (χ3v) is 5.06. The second kappa shape index (κ2) is 6.71. The number of nitrogens with one attached hydrogen (secondary N) is 1. The first-order valence-electron chi connectivity index (χ1n) is 7.29. The molecule has 9 heteroatoms. The number of furan rings is 1. The van der Waals surface area contributed by atoms with Crippen molar-refractivity contribution in [1.82, 2.24) is 14.5 Å². The van der Waals surface area contributed by atoms with Crippen LogP contribution in [0.4, 0.5) is 0 Å². The largest absolute Gasteiger partial charge is 0.466 e. The first kappa shape index (κ1) is 17.5. The van der Waals surface area contributed by atoms with E-state index >= 15 is 0 Å². The van der Waals surface area contributed by atoms with Gasteiger partial charge in [-0.15, -0.1) is 0 Å². The second-order valence-corrected chi connectivity index (χ2v) is 7.39. The van der Waals surface area contributed by atoms with Gasteiger partial charge in [0.25, 0.3) is 5.91 Å². The molecule has 0 spiro atoms. The van der Waals surface area contributed by atoms with Gasteiger partial charge in [0.2, 0.25) is 15.9 Å².